The predicted molar refractivity (Wildman–Crippen MR) is 90.5 cm³/mol. The minimum atomic E-state index is -1.17. The summed E-state index contributed by atoms with van der Waals surface area (Å²) in [6.07, 6.45) is 2.74. The van der Waals surface area contributed by atoms with Gasteiger partial charge in [-0.1, -0.05) is 11.6 Å². The maximum atomic E-state index is 12.0. The number of carbonyl (C=O) groups excluding carboxylic acids is 1. The van der Waals surface area contributed by atoms with E-state index >= 15 is 0 Å². The molecule has 1 N–H and O–H groups in total. The van der Waals surface area contributed by atoms with Crippen molar-refractivity contribution >= 4 is 23.7 Å². The summed E-state index contributed by atoms with van der Waals surface area (Å²) in [4.78, 5) is 30.8. The van der Waals surface area contributed by atoms with E-state index in [9.17, 15) is 9.59 Å². The van der Waals surface area contributed by atoms with Gasteiger partial charge in [-0.2, -0.15) is 0 Å². The van der Waals surface area contributed by atoms with E-state index in [0.717, 1.165) is 0 Å². The van der Waals surface area contributed by atoms with Gasteiger partial charge < -0.3 is 19.0 Å². The molecule has 0 aliphatic rings. The lowest BCUT2D eigenvalue weighted by molar-refractivity contribution is 0.0592. The molecule has 0 aliphatic heterocycles. The number of pyridine rings is 1. The smallest absolute Gasteiger partial charge is 0.437 e. The standard InChI is InChI=1S/C16H19ClN4O4/c1-16(2,3)25-15(24)19-14-20(4)5-6-21(14)9-10-7-11(13(22)23)18-12(17)8-10/h5-8H,9H2,1-4H3,(H,22,23). The molecule has 2 rings (SSSR count). The maximum Gasteiger partial charge on any atom is 0.437 e. The first-order chi connectivity index (χ1) is 11.5. The molecule has 0 radical (unpaired) electrons. The third kappa shape index (κ3) is 5.18. The van der Waals surface area contributed by atoms with Crippen LogP contribution in [0.1, 0.15) is 36.8 Å². The van der Waals surface area contributed by atoms with Gasteiger partial charge >= 0.3 is 12.1 Å². The molecule has 134 valence electrons. The fourth-order valence-corrected chi connectivity index (χ4v) is 2.33. The van der Waals surface area contributed by atoms with Gasteiger partial charge in [-0.25, -0.2) is 14.6 Å². The van der Waals surface area contributed by atoms with Crippen molar-refractivity contribution in [2.45, 2.75) is 32.9 Å². The number of aryl methyl sites for hydroxylation is 1. The second-order valence-electron chi connectivity index (χ2n) is 6.42. The lowest BCUT2D eigenvalue weighted by Gasteiger charge is -2.17. The van der Waals surface area contributed by atoms with Crippen LogP contribution in [0.3, 0.4) is 0 Å². The maximum absolute atomic E-state index is 12.0. The van der Waals surface area contributed by atoms with Crippen molar-refractivity contribution in [2.75, 3.05) is 0 Å². The van der Waals surface area contributed by atoms with Crippen molar-refractivity contribution in [3.63, 3.8) is 0 Å². The van der Waals surface area contributed by atoms with E-state index in [2.05, 4.69) is 9.98 Å². The van der Waals surface area contributed by atoms with Crippen LogP contribution < -0.4 is 5.62 Å². The Morgan fingerprint density at radius 3 is 2.60 bits per heavy atom. The van der Waals surface area contributed by atoms with Crippen LogP contribution in [0.15, 0.2) is 29.5 Å². The summed E-state index contributed by atoms with van der Waals surface area (Å²) in [6, 6.07) is 2.98. The zero-order valence-electron chi connectivity index (χ0n) is 14.4. The molecule has 0 atom stereocenters. The number of rotatable bonds is 3. The summed E-state index contributed by atoms with van der Waals surface area (Å²) in [6.45, 7) is 5.54. The van der Waals surface area contributed by atoms with Crippen molar-refractivity contribution in [3.05, 3.63) is 46.6 Å². The molecule has 2 heterocycles. The van der Waals surface area contributed by atoms with E-state index in [4.69, 9.17) is 21.4 Å². The molecule has 0 saturated heterocycles. The Labute approximate surface area is 149 Å². The summed E-state index contributed by atoms with van der Waals surface area (Å²) < 4.78 is 8.54. The average molecular weight is 367 g/mol. The van der Waals surface area contributed by atoms with Gasteiger partial charge in [0.05, 0.1) is 6.54 Å². The van der Waals surface area contributed by atoms with Crippen molar-refractivity contribution in [1.82, 2.24) is 14.1 Å². The van der Waals surface area contributed by atoms with Crippen molar-refractivity contribution in [3.8, 4) is 0 Å². The van der Waals surface area contributed by atoms with Crippen molar-refractivity contribution in [2.24, 2.45) is 12.0 Å². The van der Waals surface area contributed by atoms with Gasteiger partial charge in [0.2, 0.25) is 5.62 Å². The average Bonchev–Trinajstić information content (AvgIpc) is 2.77. The quantitative estimate of drug-likeness (QED) is 0.841. The third-order valence-corrected chi connectivity index (χ3v) is 3.25. The first-order valence-electron chi connectivity index (χ1n) is 7.44. The molecule has 1 amide bonds. The van der Waals surface area contributed by atoms with Crippen LogP contribution in [0, 0.1) is 0 Å². The Hall–Kier alpha value is -2.61. The molecular formula is C16H19ClN4O4. The number of carboxylic acids is 1. The second kappa shape index (κ2) is 7.10. The summed E-state index contributed by atoms with van der Waals surface area (Å²) >= 11 is 5.88. The lowest BCUT2D eigenvalue weighted by Crippen LogP contribution is -2.29. The lowest BCUT2D eigenvalue weighted by atomic mass is 10.2. The number of aromatic carboxylic acids is 1. The van der Waals surface area contributed by atoms with Gasteiger partial charge in [0.25, 0.3) is 0 Å². The van der Waals surface area contributed by atoms with Crippen LogP contribution in [-0.2, 0) is 18.3 Å². The Morgan fingerprint density at radius 2 is 2.00 bits per heavy atom. The molecule has 0 saturated carbocycles. The zero-order chi connectivity index (χ0) is 18.8. The van der Waals surface area contributed by atoms with Crippen LogP contribution in [0.5, 0.6) is 0 Å². The Bertz CT molecular complexity index is 877. The minimum Gasteiger partial charge on any atom is -0.477 e. The largest absolute Gasteiger partial charge is 0.477 e. The van der Waals surface area contributed by atoms with E-state index in [1.165, 1.54) is 6.07 Å². The first kappa shape index (κ1) is 18.7. The van der Waals surface area contributed by atoms with Gasteiger partial charge in [-0.3, -0.25) is 0 Å². The van der Waals surface area contributed by atoms with Crippen LogP contribution in [0.4, 0.5) is 4.79 Å². The molecule has 2 aromatic rings. The number of hydrogen-bond donors (Lipinski definition) is 1. The van der Waals surface area contributed by atoms with Crippen LogP contribution in [0.2, 0.25) is 5.15 Å². The van der Waals surface area contributed by atoms with E-state index in [1.807, 2.05) is 0 Å². The number of ether oxygens (including phenoxy) is 1. The normalized spacial score (nSPS) is 12.3. The molecule has 0 bridgehead atoms. The highest BCUT2D eigenvalue weighted by Crippen LogP contribution is 2.12. The highest BCUT2D eigenvalue weighted by atomic mass is 35.5. The highest BCUT2D eigenvalue weighted by Gasteiger charge is 2.16. The van der Waals surface area contributed by atoms with Crippen molar-refractivity contribution in [1.29, 1.82) is 0 Å². The highest BCUT2D eigenvalue weighted by molar-refractivity contribution is 6.29. The van der Waals surface area contributed by atoms with Crippen LogP contribution in [0.25, 0.3) is 0 Å². The van der Waals surface area contributed by atoms with E-state index in [1.54, 1.807) is 55.4 Å². The summed E-state index contributed by atoms with van der Waals surface area (Å²) in [7, 11) is 1.74. The van der Waals surface area contributed by atoms with Gasteiger partial charge in [0, 0.05) is 19.4 Å². The van der Waals surface area contributed by atoms with Crippen LogP contribution >= 0.6 is 11.6 Å². The molecule has 2 aromatic heterocycles. The molecular weight excluding hydrogens is 348 g/mol. The van der Waals surface area contributed by atoms with Gasteiger partial charge in [0.1, 0.15) is 16.4 Å². The number of amides is 1. The summed E-state index contributed by atoms with van der Waals surface area (Å²) in [5.41, 5.74) is 0.184. The number of halogens is 1. The number of aromatic nitrogens is 3. The second-order valence-corrected chi connectivity index (χ2v) is 6.80. The van der Waals surface area contributed by atoms with Gasteiger partial charge in [0.15, 0.2) is 0 Å². The van der Waals surface area contributed by atoms with Crippen LogP contribution in [-0.4, -0.2) is 36.9 Å². The molecule has 0 unspecified atom stereocenters. The molecule has 25 heavy (non-hydrogen) atoms. The minimum absolute atomic E-state index is 0.0806. The Kier molecular flexibility index (Phi) is 5.32. The molecule has 0 spiro atoms. The fraction of sp³-hybridized carbons (Fsp3) is 0.375. The van der Waals surface area contributed by atoms with Gasteiger partial charge in [-0.15, -0.1) is 4.99 Å². The topological polar surface area (TPSA) is 98.7 Å². The molecule has 9 heteroatoms. The van der Waals surface area contributed by atoms with Gasteiger partial charge in [-0.05, 0) is 38.5 Å². The first-order valence-corrected chi connectivity index (χ1v) is 7.82. The van der Waals surface area contributed by atoms with E-state index in [0.29, 0.717) is 11.2 Å². The molecule has 8 nitrogen and oxygen atoms in total. The molecule has 0 aromatic carbocycles. The number of carboxylic acid groups (broad SMARTS) is 1. The fourth-order valence-electron chi connectivity index (χ4n) is 2.10. The van der Waals surface area contributed by atoms with E-state index < -0.39 is 17.7 Å². The monoisotopic (exact) mass is 366 g/mol. The number of hydrogen-bond acceptors (Lipinski definition) is 4. The Balaban J connectivity index is 2.37. The molecule has 0 fully saturated rings. The van der Waals surface area contributed by atoms with Crippen molar-refractivity contribution < 1.29 is 19.4 Å². The van der Waals surface area contributed by atoms with E-state index in [-0.39, 0.29) is 17.4 Å². The number of carbonyl (C=O) groups is 2. The zero-order valence-corrected chi connectivity index (χ0v) is 15.1. The third-order valence-electron chi connectivity index (χ3n) is 3.05. The summed E-state index contributed by atoms with van der Waals surface area (Å²) in [5, 5.41) is 9.15. The SMILES string of the molecule is Cn1ccn(Cc2cc(Cl)nc(C(=O)O)c2)c1=NC(=O)OC(C)(C)C. The Morgan fingerprint density at radius 1 is 1.32 bits per heavy atom. The number of imidazole rings is 1. The molecule has 0 aliphatic carbocycles. The number of nitrogens with zero attached hydrogens (tertiary/aromatic N) is 4. The summed E-state index contributed by atoms with van der Waals surface area (Å²) in [5.74, 6) is -1.17. The predicted octanol–water partition coefficient (Wildman–Crippen LogP) is 2.46.